The Kier molecular flexibility index (Phi) is 3.58. The van der Waals surface area contributed by atoms with Crippen molar-refractivity contribution < 1.29 is 5.11 Å². The lowest BCUT2D eigenvalue weighted by atomic mass is 10.1. The Bertz CT molecular complexity index is 522. The van der Waals surface area contributed by atoms with E-state index in [1.807, 2.05) is 24.3 Å². The van der Waals surface area contributed by atoms with Crippen molar-refractivity contribution in [2.75, 3.05) is 13.1 Å². The standard InChI is InChI=1S/C16H19N3O/c1-2-15(20)18-16-13-9-19(10-14(13)16)8-12-5-3-11(7-17)4-6-12/h2-6,13-16,18,20H,1,8-10H2. The first-order valence-corrected chi connectivity index (χ1v) is 6.99. The van der Waals surface area contributed by atoms with E-state index < -0.39 is 6.23 Å². The zero-order chi connectivity index (χ0) is 14.1. The molecule has 20 heavy (non-hydrogen) atoms. The van der Waals surface area contributed by atoms with Gasteiger partial charge in [0.1, 0.15) is 6.23 Å². The second-order valence-electron chi connectivity index (χ2n) is 5.70. The zero-order valence-electron chi connectivity index (χ0n) is 11.4. The van der Waals surface area contributed by atoms with Gasteiger partial charge < -0.3 is 5.11 Å². The van der Waals surface area contributed by atoms with Gasteiger partial charge in [-0.15, -0.1) is 0 Å². The molecule has 0 radical (unpaired) electrons. The molecule has 4 nitrogen and oxygen atoms in total. The van der Waals surface area contributed by atoms with Gasteiger partial charge in [0.15, 0.2) is 0 Å². The van der Waals surface area contributed by atoms with Gasteiger partial charge in [-0.3, -0.25) is 10.2 Å². The second kappa shape index (κ2) is 5.37. The quantitative estimate of drug-likeness (QED) is 0.620. The van der Waals surface area contributed by atoms with Gasteiger partial charge in [-0.2, -0.15) is 5.26 Å². The minimum Gasteiger partial charge on any atom is -0.375 e. The van der Waals surface area contributed by atoms with E-state index in [-0.39, 0.29) is 0 Å². The minimum atomic E-state index is -0.586. The van der Waals surface area contributed by atoms with Crippen LogP contribution in [0.4, 0.5) is 0 Å². The molecule has 3 rings (SSSR count). The molecule has 3 unspecified atom stereocenters. The summed E-state index contributed by atoms with van der Waals surface area (Å²) in [6, 6.07) is 10.4. The van der Waals surface area contributed by atoms with Crippen LogP contribution in [0.25, 0.3) is 0 Å². The average Bonchev–Trinajstić information content (AvgIpc) is 2.92. The smallest absolute Gasteiger partial charge is 0.124 e. The fraction of sp³-hybridized carbons (Fsp3) is 0.438. The lowest BCUT2D eigenvalue weighted by Gasteiger charge is -2.20. The SMILES string of the molecule is C=CC(O)NC1C2CN(Cc3ccc(C#N)cc3)CC21. The summed E-state index contributed by atoms with van der Waals surface area (Å²) in [5.41, 5.74) is 1.96. The number of fused-ring (bicyclic) bond motifs is 1. The number of hydrogen-bond acceptors (Lipinski definition) is 4. The van der Waals surface area contributed by atoms with E-state index in [0.717, 1.165) is 19.6 Å². The molecule has 2 aliphatic rings. The molecule has 4 heteroatoms. The van der Waals surface area contributed by atoms with Gasteiger partial charge in [-0.05, 0) is 35.6 Å². The van der Waals surface area contributed by atoms with Crippen molar-refractivity contribution in [2.24, 2.45) is 11.8 Å². The number of nitrogens with one attached hydrogen (secondary N) is 1. The predicted molar refractivity (Wildman–Crippen MR) is 76.5 cm³/mol. The lowest BCUT2D eigenvalue weighted by Crippen LogP contribution is -2.35. The molecule has 0 spiro atoms. The Balaban J connectivity index is 1.49. The van der Waals surface area contributed by atoms with Crippen molar-refractivity contribution in [1.29, 1.82) is 5.26 Å². The van der Waals surface area contributed by atoms with E-state index in [9.17, 15) is 5.11 Å². The van der Waals surface area contributed by atoms with Crippen LogP contribution in [0.3, 0.4) is 0 Å². The van der Waals surface area contributed by atoms with E-state index in [0.29, 0.717) is 23.4 Å². The van der Waals surface area contributed by atoms with Crippen molar-refractivity contribution in [2.45, 2.75) is 18.8 Å². The van der Waals surface area contributed by atoms with E-state index in [1.165, 1.54) is 11.6 Å². The van der Waals surface area contributed by atoms with Crippen molar-refractivity contribution in [3.05, 3.63) is 48.0 Å². The molecular weight excluding hydrogens is 250 g/mol. The normalized spacial score (nSPS) is 29.5. The summed E-state index contributed by atoms with van der Waals surface area (Å²) in [7, 11) is 0. The van der Waals surface area contributed by atoms with Gasteiger partial charge >= 0.3 is 0 Å². The molecule has 0 aromatic heterocycles. The topological polar surface area (TPSA) is 59.3 Å². The zero-order valence-corrected chi connectivity index (χ0v) is 11.4. The van der Waals surface area contributed by atoms with Crippen LogP contribution in [0, 0.1) is 23.2 Å². The summed E-state index contributed by atoms with van der Waals surface area (Å²) in [5.74, 6) is 1.31. The number of likely N-dealkylation sites (tertiary alicyclic amines) is 1. The van der Waals surface area contributed by atoms with Crippen LogP contribution in [-0.4, -0.2) is 35.4 Å². The monoisotopic (exact) mass is 269 g/mol. The highest BCUT2D eigenvalue weighted by Crippen LogP contribution is 2.46. The molecule has 1 aromatic carbocycles. The Morgan fingerprint density at radius 2 is 2.05 bits per heavy atom. The molecule has 0 amide bonds. The summed E-state index contributed by atoms with van der Waals surface area (Å²) in [6.45, 7) is 6.67. The summed E-state index contributed by atoms with van der Waals surface area (Å²) >= 11 is 0. The number of rotatable bonds is 5. The molecule has 2 N–H and O–H groups in total. The highest BCUT2D eigenvalue weighted by atomic mass is 16.3. The van der Waals surface area contributed by atoms with Crippen molar-refractivity contribution >= 4 is 0 Å². The summed E-state index contributed by atoms with van der Waals surface area (Å²) < 4.78 is 0. The third kappa shape index (κ3) is 2.61. The van der Waals surface area contributed by atoms with Crippen molar-refractivity contribution in [3.63, 3.8) is 0 Å². The second-order valence-corrected chi connectivity index (χ2v) is 5.70. The maximum atomic E-state index is 9.50. The van der Waals surface area contributed by atoms with Crippen LogP contribution < -0.4 is 5.32 Å². The first-order valence-electron chi connectivity index (χ1n) is 6.99. The number of aliphatic hydroxyl groups is 1. The third-order valence-electron chi connectivity index (χ3n) is 4.35. The number of benzene rings is 1. The molecule has 1 aromatic rings. The minimum absolute atomic E-state index is 0.445. The lowest BCUT2D eigenvalue weighted by molar-refractivity contribution is 0.170. The molecule has 1 saturated carbocycles. The first kappa shape index (κ1) is 13.3. The predicted octanol–water partition coefficient (Wildman–Crippen LogP) is 1.08. The number of piperidine rings is 1. The molecule has 1 aliphatic carbocycles. The summed E-state index contributed by atoms with van der Waals surface area (Å²) in [4.78, 5) is 2.44. The van der Waals surface area contributed by atoms with Crippen LogP contribution in [-0.2, 0) is 6.54 Å². The van der Waals surface area contributed by atoms with Gasteiger partial charge in [0.05, 0.1) is 11.6 Å². The third-order valence-corrected chi connectivity index (χ3v) is 4.35. The van der Waals surface area contributed by atoms with E-state index in [4.69, 9.17) is 5.26 Å². The number of aliphatic hydroxyl groups excluding tert-OH is 1. The Morgan fingerprint density at radius 1 is 1.40 bits per heavy atom. The van der Waals surface area contributed by atoms with Gasteiger partial charge in [0.25, 0.3) is 0 Å². The summed E-state index contributed by atoms with van der Waals surface area (Å²) in [6.07, 6.45) is 0.945. The van der Waals surface area contributed by atoms with Gasteiger partial charge in [0.2, 0.25) is 0 Å². The number of nitriles is 1. The van der Waals surface area contributed by atoms with Crippen molar-refractivity contribution in [1.82, 2.24) is 10.2 Å². The Hall–Kier alpha value is -1.67. The maximum Gasteiger partial charge on any atom is 0.124 e. The fourth-order valence-corrected chi connectivity index (χ4v) is 3.20. The maximum absolute atomic E-state index is 9.50. The van der Waals surface area contributed by atoms with Crippen LogP contribution in [0.1, 0.15) is 11.1 Å². The largest absolute Gasteiger partial charge is 0.375 e. The Morgan fingerprint density at radius 3 is 2.60 bits per heavy atom. The first-order chi connectivity index (χ1) is 9.71. The highest BCUT2D eigenvalue weighted by molar-refractivity contribution is 5.31. The molecule has 104 valence electrons. The van der Waals surface area contributed by atoms with Crippen LogP contribution in [0.2, 0.25) is 0 Å². The number of nitrogens with zero attached hydrogens (tertiary/aromatic N) is 2. The van der Waals surface area contributed by atoms with Gasteiger partial charge in [-0.25, -0.2) is 0 Å². The molecule has 1 saturated heterocycles. The molecule has 2 fully saturated rings. The average molecular weight is 269 g/mol. The number of hydrogen-bond donors (Lipinski definition) is 2. The molecule has 1 heterocycles. The van der Waals surface area contributed by atoms with Crippen LogP contribution in [0.5, 0.6) is 0 Å². The van der Waals surface area contributed by atoms with Crippen LogP contribution >= 0.6 is 0 Å². The fourth-order valence-electron chi connectivity index (χ4n) is 3.20. The van der Waals surface area contributed by atoms with Gasteiger partial charge in [-0.1, -0.05) is 18.7 Å². The van der Waals surface area contributed by atoms with E-state index in [1.54, 1.807) is 0 Å². The van der Waals surface area contributed by atoms with Gasteiger partial charge in [0, 0.05) is 25.7 Å². The van der Waals surface area contributed by atoms with Crippen LogP contribution in [0.15, 0.2) is 36.9 Å². The summed E-state index contributed by atoms with van der Waals surface area (Å²) in [5, 5.41) is 21.5. The van der Waals surface area contributed by atoms with E-state index >= 15 is 0 Å². The molecule has 1 aliphatic heterocycles. The van der Waals surface area contributed by atoms with Crippen molar-refractivity contribution in [3.8, 4) is 6.07 Å². The Labute approximate surface area is 119 Å². The highest BCUT2D eigenvalue weighted by Gasteiger charge is 2.55. The molecular formula is C16H19N3O. The molecule has 0 bridgehead atoms. The molecule has 3 atom stereocenters. The van der Waals surface area contributed by atoms with E-state index in [2.05, 4.69) is 22.9 Å².